The lowest BCUT2D eigenvalue weighted by molar-refractivity contribution is -0.119. The Bertz CT molecular complexity index is 570. The Morgan fingerprint density at radius 1 is 1.38 bits per heavy atom. The van der Waals surface area contributed by atoms with Crippen molar-refractivity contribution in [3.63, 3.8) is 0 Å². The molecule has 0 fully saturated rings. The Morgan fingerprint density at radius 2 is 2.14 bits per heavy atom. The molecule has 0 unspecified atom stereocenters. The summed E-state index contributed by atoms with van der Waals surface area (Å²) in [4.78, 5) is 15.8. The molecule has 0 radical (unpaired) electrons. The van der Waals surface area contributed by atoms with Crippen LogP contribution in [0.3, 0.4) is 0 Å². The van der Waals surface area contributed by atoms with E-state index < -0.39 is 0 Å². The normalized spacial score (nSPS) is 12.1. The zero-order valence-corrected chi connectivity index (χ0v) is 13.1. The van der Waals surface area contributed by atoms with E-state index in [4.69, 9.17) is 0 Å². The zero-order chi connectivity index (χ0) is 15.1. The van der Waals surface area contributed by atoms with Gasteiger partial charge >= 0.3 is 0 Å². The Morgan fingerprint density at radius 3 is 2.81 bits per heavy atom. The number of carbonyl (C=O) groups excluding carboxylic acids is 1. The van der Waals surface area contributed by atoms with Crippen LogP contribution in [0, 0.1) is 0 Å². The van der Waals surface area contributed by atoms with Crippen LogP contribution in [-0.2, 0) is 11.2 Å². The van der Waals surface area contributed by atoms with E-state index in [1.807, 2.05) is 24.5 Å². The van der Waals surface area contributed by atoms with Gasteiger partial charge in [-0.05, 0) is 24.0 Å². The fourth-order valence-electron chi connectivity index (χ4n) is 2.08. The van der Waals surface area contributed by atoms with Gasteiger partial charge in [-0.3, -0.25) is 9.89 Å². The Hall–Kier alpha value is -1.82. The summed E-state index contributed by atoms with van der Waals surface area (Å²) in [5.74, 6) is 2.37. The van der Waals surface area contributed by atoms with Crippen molar-refractivity contribution in [1.29, 1.82) is 0 Å². The van der Waals surface area contributed by atoms with Crippen molar-refractivity contribution in [2.24, 2.45) is 0 Å². The van der Waals surface area contributed by atoms with Crippen LogP contribution in [0.4, 0.5) is 0 Å². The van der Waals surface area contributed by atoms with Crippen LogP contribution >= 0.6 is 11.8 Å². The molecular weight excluding hydrogens is 284 g/mol. The van der Waals surface area contributed by atoms with Crippen molar-refractivity contribution in [3.05, 3.63) is 47.5 Å². The number of carbonyl (C=O) groups is 1. The Kier molecular flexibility index (Phi) is 5.80. The molecule has 1 amide bonds. The van der Waals surface area contributed by atoms with E-state index in [-0.39, 0.29) is 11.9 Å². The summed E-state index contributed by atoms with van der Waals surface area (Å²) in [6.45, 7) is 1.52. The van der Waals surface area contributed by atoms with Crippen molar-refractivity contribution in [2.75, 3.05) is 12.0 Å². The lowest BCUT2D eigenvalue weighted by atomic mass is 10.1. The molecule has 0 aliphatic rings. The number of amides is 1. The molecule has 1 heterocycles. The first-order valence-corrected chi connectivity index (χ1v) is 8.29. The molecule has 0 saturated carbocycles. The second-order valence-corrected chi connectivity index (χ2v) is 5.82. The number of hydrogen-bond acceptors (Lipinski definition) is 4. The molecule has 21 heavy (non-hydrogen) atoms. The van der Waals surface area contributed by atoms with Gasteiger partial charge in [-0.15, -0.1) is 0 Å². The molecule has 112 valence electrons. The maximum absolute atomic E-state index is 11.3. The maximum atomic E-state index is 11.3. The molecule has 0 spiro atoms. The van der Waals surface area contributed by atoms with E-state index in [1.54, 1.807) is 11.8 Å². The highest BCUT2D eigenvalue weighted by Gasteiger charge is 2.17. The fraction of sp³-hybridized carbons (Fsp3) is 0.400. The third-order valence-electron chi connectivity index (χ3n) is 3.06. The summed E-state index contributed by atoms with van der Waals surface area (Å²) >= 11 is 1.74. The largest absolute Gasteiger partial charge is 0.346 e. The number of nitrogens with one attached hydrogen (secondary N) is 2. The molecule has 2 rings (SSSR count). The molecule has 2 aromatic rings. The average molecular weight is 304 g/mol. The summed E-state index contributed by atoms with van der Waals surface area (Å²) in [7, 11) is 0. The molecule has 1 aromatic carbocycles. The molecule has 1 aromatic heterocycles. The van der Waals surface area contributed by atoms with Crippen LogP contribution in [0.15, 0.2) is 30.3 Å². The van der Waals surface area contributed by atoms with E-state index in [0.29, 0.717) is 12.2 Å². The van der Waals surface area contributed by atoms with Crippen molar-refractivity contribution in [2.45, 2.75) is 25.8 Å². The minimum atomic E-state index is -0.129. The summed E-state index contributed by atoms with van der Waals surface area (Å²) < 4.78 is 0. The molecule has 0 aliphatic heterocycles. The van der Waals surface area contributed by atoms with Gasteiger partial charge in [-0.2, -0.15) is 16.9 Å². The number of benzene rings is 1. The lowest BCUT2D eigenvalue weighted by Gasteiger charge is -2.13. The summed E-state index contributed by atoms with van der Waals surface area (Å²) in [5, 5.41) is 10.1. The number of nitrogens with zero attached hydrogens (tertiary/aromatic N) is 2. The molecule has 1 atom stereocenters. The van der Waals surface area contributed by atoms with Gasteiger partial charge in [0.25, 0.3) is 0 Å². The number of aromatic amines is 1. The number of H-pyrrole nitrogens is 1. The molecular formula is C15H20N4OS. The minimum Gasteiger partial charge on any atom is -0.346 e. The molecule has 2 N–H and O–H groups in total. The first kappa shape index (κ1) is 15.6. The molecule has 5 nitrogen and oxygen atoms in total. The zero-order valence-electron chi connectivity index (χ0n) is 12.3. The van der Waals surface area contributed by atoms with E-state index >= 15 is 0 Å². The van der Waals surface area contributed by atoms with Crippen molar-refractivity contribution in [3.8, 4) is 0 Å². The van der Waals surface area contributed by atoms with Gasteiger partial charge < -0.3 is 5.32 Å². The molecule has 0 aliphatic carbocycles. The van der Waals surface area contributed by atoms with Crippen LogP contribution in [0.1, 0.15) is 36.6 Å². The van der Waals surface area contributed by atoms with Gasteiger partial charge in [0.15, 0.2) is 5.82 Å². The second kappa shape index (κ2) is 7.83. The quantitative estimate of drug-likeness (QED) is 0.823. The van der Waals surface area contributed by atoms with Gasteiger partial charge in [0.2, 0.25) is 5.91 Å². The van der Waals surface area contributed by atoms with Crippen molar-refractivity contribution >= 4 is 17.7 Å². The lowest BCUT2D eigenvalue weighted by Crippen LogP contribution is -2.27. The number of rotatable bonds is 7. The fourth-order valence-corrected chi connectivity index (χ4v) is 2.55. The highest BCUT2D eigenvalue weighted by molar-refractivity contribution is 7.98. The highest BCUT2D eigenvalue weighted by Crippen LogP contribution is 2.16. The van der Waals surface area contributed by atoms with Gasteiger partial charge in [-0.1, -0.05) is 30.3 Å². The van der Waals surface area contributed by atoms with Gasteiger partial charge in [0.1, 0.15) is 5.82 Å². The Balaban J connectivity index is 2.06. The van der Waals surface area contributed by atoms with Crippen LogP contribution in [0.5, 0.6) is 0 Å². The van der Waals surface area contributed by atoms with Crippen molar-refractivity contribution < 1.29 is 4.79 Å². The number of thioether (sulfide) groups is 1. The first-order chi connectivity index (χ1) is 10.2. The topological polar surface area (TPSA) is 70.7 Å². The van der Waals surface area contributed by atoms with Crippen LogP contribution in [-0.4, -0.2) is 33.1 Å². The van der Waals surface area contributed by atoms with E-state index in [1.165, 1.54) is 12.5 Å². The third kappa shape index (κ3) is 4.90. The maximum Gasteiger partial charge on any atom is 0.217 e. The van der Waals surface area contributed by atoms with Crippen LogP contribution in [0.2, 0.25) is 0 Å². The average Bonchev–Trinajstić information content (AvgIpc) is 2.92. The predicted molar refractivity (Wildman–Crippen MR) is 85.2 cm³/mol. The van der Waals surface area contributed by atoms with Crippen molar-refractivity contribution in [1.82, 2.24) is 20.5 Å². The summed E-state index contributed by atoms with van der Waals surface area (Å²) in [6, 6.07) is 9.99. The summed E-state index contributed by atoms with van der Waals surface area (Å²) in [5.41, 5.74) is 1.18. The second-order valence-electron chi connectivity index (χ2n) is 4.84. The van der Waals surface area contributed by atoms with Gasteiger partial charge in [0, 0.05) is 13.3 Å². The van der Waals surface area contributed by atoms with Crippen LogP contribution in [0.25, 0.3) is 0 Å². The van der Waals surface area contributed by atoms with E-state index in [0.717, 1.165) is 18.0 Å². The number of hydrogen-bond donors (Lipinski definition) is 2. The Labute approximate surface area is 128 Å². The summed E-state index contributed by atoms with van der Waals surface area (Å²) in [6.07, 6.45) is 3.58. The standard InChI is InChI=1S/C15H20N4OS/c1-11(20)16-13(8-9-21-2)15-17-14(18-19-15)10-12-6-4-3-5-7-12/h3-7,13H,8-10H2,1-2H3,(H,16,20)(H,17,18,19)/t13-/m0/s1. The van der Waals surface area contributed by atoms with Gasteiger partial charge in [0.05, 0.1) is 6.04 Å². The third-order valence-corrected chi connectivity index (χ3v) is 3.71. The minimum absolute atomic E-state index is 0.0597. The SMILES string of the molecule is CSCC[C@H](NC(C)=O)c1n[nH]c(Cc2ccccc2)n1. The molecule has 0 bridgehead atoms. The smallest absolute Gasteiger partial charge is 0.217 e. The monoisotopic (exact) mass is 304 g/mol. The highest BCUT2D eigenvalue weighted by atomic mass is 32.2. The van der Waals surface area contributed by atoms with Gasteiger partial charge in [-0.25, -0.2) is 4.98 Å². The predicted octanol–water partition coefficient (Wildman–Crippen LogP) is 2.33. The number of aromatic nitrogens is 3. The van der Waals surface area contributed by atoms with E-state index in [2.05, 4.69) is 32.6 Å². The first-order valence-electron chi connectivity index (χ1n) is 6.90. The molecule has 6 heteroatoms. The molecule has 0 saturated heterocycles. The van der Waals surface area contributed by atoms with E-state index in [9.17, 15) is 4.79 Å². The van der Waals surface area contributed by atoms with Crippen LogP contribution < -0.4 is 5.32 Å².